The number of aromatic nitrogens is 2. The smallest absolute Gasteiger partial charge is 0.254 e. The van der Waals surface area contributed by atoms with Gasteiger partial charge in [-0.1, -0.05) is 18.2 Å². The van der Waals surface area contributed by atoms with Crippen LogP contribution >= 0.6 is 0 Å². The van der Waals surface area contributed by atoms with Gasteiger partial charge in [0.2, 0.25) is 5.88 Å². The Kier molecular flexibility index (Phi) is 7.46. The predicted octanol–water partition coefficient (Wildman–Crippen LogP) is 6.21. The van der Waals surface area contributed by atoms with Crippen LogP contribution in [0.25, 0.3) is 5.69 Å². The summed E-state index contributed by atoms with van der Waals surface area (Å²) in [6.45, 7) is 2.77. The van der Waals surface area contributed by atoms with E-state index in [2.05, 4.69) is 5.10 Å². The van der Waals surface area contributed by atoms with Crippen molar-refractivity contribution in [2.45, 2.75) is 32.4 Å². The number of nitrogens with zero attached hydrogens (tertiary/aromatic N) is 3. The number of hydrogen-bond acceptors (Lipinski definition) is 4. The van der Waals surface area contributed by atoms with Gasteiger partial charge < -0.3 is 14.4 Å². The van der Waals surface area contributed by atoms with Gasteiger partial charge in [0, 0.05) is 24.8 Å². The number of rotatable bonds is 8. The minimum atomic E-state index is -0.868. The van der Waals surface area contributed by atoms with E-state index in [0.717, 1.165) is 25.0 Å². The summed E-state index contributed by atoms with van der Waals surface area (Å²) >= 11 is 0. The van der Waals surface area contributed by atoms with Gasteiger partial charge in [0.25, 0.3) is 5.91 Å². The number of aryl methyl sites for hydroxylation is 1. The predicted molar refractivity (Wildman–Crippen MR) is 135 cm³/mol. The van der Waals surface area contributed by atoms with Crippen LogP contribution in [0, 0.1) is 24.4 Å². The molecule has 6 nitrogen and oxygen atoms in total. The molecule has 9 heteroatoms. The summed E-state index contributed by atoms with van der Waals surface area (Å²) in [5.41, 5.74) is 2.10. The lowest BCUT2D eigenvalue weighted by Gasteiger charge is -2.26. The normalized spacial score (nSPS) is 15.0. The molecule has 5 rings (SSSR count). The number of ether oxygens (including phenoxy) is 2. The number of halogens is 3. The van der Waals surface area contributed by atoms with E-state index < -0.39 is 17.5 Å². The third kappa shape index (κ3) is 5.57. The van der Waals surface area contributed by atoms with Crippen molar-refractivity contribution in [1.82, 2.24) is 14.7 Å². The summed E-state index contributed by atoms with van der Waals surface area (Å²) in [4.78, 5) is 15.2. The largest absolute Gasteiger partial charge is 0.435 e. The van der Waals surface area contributed by atoms with Crippen LogP contribution in [0.2, 0.25) is 0 Å². The summed E-state index contributed by atoms with van der Waals surface area (Å²) in [7, 11) is 0. The van der Waals surface area contributed by atoms with Gasteiger partial charge in [-0.15, -0.1) is 0 Å². The number of benzene rings is 3. The van der Waals surface area contributed by atoms with Gasteiger partial charge in [-0.25, -0.2) is 17.9 Å². The van der Waals surface area contributed by atoms with Crippen molar-refractivity contribution < 1.29 is 27.4 Å². The number of carbonyl (C=O) groups excluding carboxylic acids is 1. The van der Waals surface area contributed by atoms with Crippen molar-refractivity contribution in [3.05, 3.63) is 107 Å². The Morgan fingerprint density at radius 3 is 2.47 bits per heavy atom. The minimum absolute atomic E-state index is 0.0763. The quantitative estimate of drug-likeness (QED) is 0.277. The first kappa shape index (κ1) is 25.5. The summed E-state index contributed by atoms with van der Waals surface area (Å²) in [6, 6.07) is 17.6. The van der Waals surface area contributed by atoms with E-state index in [9.17, 15) is 18.0 Å². The Labute approximate surface area is 218 Å². The van der Waals surface area contributed by atoms with Crippen LogP contribution in [0.1, 0.15) is 34.5 Å². The van der Waals surface area contributed by atoms with Crippen LogP contribution < -0.4 is 4.74 Å². The summed E-state index contributed by atoms with van der Waals surface area (Å²) in [5, 5.41) is 4.63. The molecule has 38 heavy (non-hydrogen) atoms. The van der Waals surface area contributed by atoms with Gasteiger partial charge >= 0.3 is 0 Å². The highest BCUT2D eigenvalue weighted by Gasteiger charge is 2.28. The van der Waals surface area contributed by atoms with Crippen LogP contribution in [-0.4, -0.2) is 39.8 Å². The zero-order valence-electron chi connectivity index (χ0n) is 20.7. The molecule has 1 saturated heterocycles. The van der Waals surface area contributed by atoms with E-state index in [1.807, 2.05) is 30.3 Å². The molecule has 2 heterocycles. The third-order valence-corrected chi connectivity index (χ3v) is 6.41. The molecule has 0 aliphatic carbocycles. The molecule has 0 spiro atoms. The highest BCUT2D eigenvalue weighted by Crippen LogP contribution is 2.33. The second-order valence-electron chi connectivity index (χ2n) is 9.12. The topological polar surface area (TPSA) is 56.6 Å². The summed E-state index contributed by atoms with van der Waals surface area (Å²) in [6.07, 6.45) is 1.55. The highest BCUT2D eigenvalue weighted by molar-refractivity contribution is 5.94. The second-order valence-corrected chi connectivity index (χ2v) is 9.12. The average molecular weight is 522 g/mol. The molecule has 0 N–H and O–H groups in total. The minimum Gasteiger partial charge on any atom is -0.435 e. The van der Waals surface area contributed by atoms with E-state index in [1.165, 1.54) is 35.0 Å². The Bertz CT molecular complexity index is 1420. The molecule has 4 aromatic rings. The van der Waals surface area contributed by atoms with E-state index in [0.29, 0.717) is 35.7 Å². The fourth-order valence-corrected chi connectivity index (χ4v) is 4.45. The van der Waals surface area contributed by atoms with Crippen LogP contribution in [0.4, 0.5) is 13.2 Å². The van der Waals surface area contributed by atoms with E-state index in [-0.39, 0.29) is 30.2 Å². The molecule has 1 aromatic heterocycles. The molecule has 1 fully saturated rings. The first-order valence-corrected chi connectivity index (χ1v) is 12.3. The third-order valence-electron chi connectivity index (χ3n) is 6.41. The van der Waals surface area contributed by atoms with Crippen molar-refractivity contribution in [2.24, 2.45) is 0 Å². The highest BCUT2D eigenvalue weighted by atomic mass is 19.1. The standard InChI is InChI=1S/C29H26F3N3O3/c1-19-25(18-34(17-24-8-5-15-37-24)28(36)20-9-11-21(30)12-10-20)29(35(33-19)23-6-3-2-4-7-23)38-27-14-13-22(31)16-26(27)32/h2-4,6-7,9-14,16,24H,5,8,15,17-18H2,1H3. The van der Waals surface area contributed by atoms with Crippen molar-refractivity contribution in [2.75, 3.05) is 13.2 Å². The molecule has 1 atom stereocenters. The number of hydrogen-bond donors (Lipinski definition) is 0. The van der Waals surface area contributed by atoms with E-state index >= 15 is 0 Å². The molecule has 1 aliphatic heterocycles. The van der Waals surface area contributed by atoms with Crippen LogP contribution in [0.3, 0.4) is 0 Å². The molecule has 0 radical (unpaired) electrons. The van der Waals surface area contributed by atoms with Crippen LogP contribution in [0.15, 0.2) is 72.8 Å². The first-order chi connectivity index (χ1) is 18.4. The lowest BCUT2D eigenvalue weighted by Crippen LogP contribution is -2.37. The maximum atomic E-state index is 14.6. The molecule has 1 unspecified atom stereocenters. The first-order valence-electron chi connectivity index (χ1n) is 12.3. The van der Waals surface area contributed by atoms with Gasteiger partial charge in [-0.3, -0.25) is 4.79 Å². The Hall–Kier alpha value is -4.11. The maximum Gasteiger partial charge on any atom is 0.254 e. The van der Waals surface area contributed by atoms with Crippen molar-refractivity contribution in [3.63, 3.8) is 0 Å². The number of para-hydroxylation sites is 1. The zero-order chi connectivity index (χ0) is 26.6. The van der Waals surface area contributed by atoms with Gasteiger partial charge in [0.15, 0.2) is 11.6 Å². The number of amides is 1. The Balaban J connectivity index is 1.56. The SMILES string of the molecule is Cc1nn(-c2ccccc2)c(Oc2ccc(F)cc2F)c1CN(CC1CCCO1)C(=O)c1ccc(F)cc1. The van der Waals surface area contributed by atoms with Crippen molar-refractivity contribution >= 4 is 5.91 Å². The van der Waals surface area contributed by atoms with Gasteiger partial charge in [0.1, 0.15) is 11.6 Å². The van der Waals surface area contributed by atoms with Crippen LogP contribution in [0.5, 0.6) is 11.6 Å². The maximum absolute atomic E-state index is 14.6. The van der Waals surface area contributed by atoms with Gasteiger partial charge in [-0.05, 0) is 68.3 Å². The van der Waals surface area contributed by atoms with Crippen LogP contribution in [-0.2, 0) is 11.3 Å². The molecule has 3 aromatic carbocycles. The Morgan fingerprint density at radius 2 is 1.79 bits per heavy atom. The van der Waals surface area contributed by atoms with Crippen molar-refractivity contribution in [1.29, 1.82) is 0 Å². The molecular formula is C29H26F3N3O3. The molecule has 196 valence electrons. The van der Waals surface area contributed by atoms with E-state index in [1.54, 1.807) is 11.8 Å². The van der Waals surface area contributed by atoms with Gasteiger partial charge in [0.05, 0.1) is 29.6 Å². The second kappa shape index (κ2) is 11.1. The zero-order valence-corrected chi connectivity index (χ0v) is 20.7. The Morgan fingerprint density at radius 1 is 1.05 bits per heavy atom. The fourth-order valence-electron chi connectivity index (χ4n) is 4.45. The lowest BCUT2D eigenvalue weighted by atomic mass is 10.1. The summed E-state index contributed by atoms with van der Waals surface area (Å²) in [5.74, 6) is -2.33. The average Bonchev–Trinajstić information content (AvgIpc) is 3.54. The summed E-state index contributed by atoms with van der Waals surface area (Å²) < 4.78 is 55.0. The van der Waals surface area contributed by atoms with Crippen molar-refractivity contribution in [3.8, 4) is 17.3 Å². The fraction of sp³-hybridized carbons (Fsp3) is 0.241. The monoisotopic (exact) mass is 521 g/mol. The molecule has 0 saturated carbocycles. The van der Waals surface area contributed by atoms with E-state index in [4.69, 9.17) is 9.47 Å². The van der Waals surface area contributed by atoms with Gasteiger partial charge in [-0.2, -0.15) is 5.10 Å². The number of carbonyl (C=O) groups is 1. The molecule has 0 bridgehead atoms. The molecule has 1 amide bonds. The molecular weight excluding hydrogens is 495 g/mol. The lowest BCUT2D eigenvalue weighted by molar-refractivity contribution is 0.0505. The molecule has 1 aliphatic rings.